The highest BCUT2D eigenvalue weighted by atomic mass is 32.3. The van der Waals surface area contributed by atoms with Crippen molar-refractivity contribution in [2.24, 2.45) is 5.92 Å². The molecule has 8 heteroatoms. The summed E-state index contributed by atoms with van der Waals surface area (Å²) in [6.07, 6.45) is 0.0589. The van der Waals surface area contributed by atoms with Crippen molar-refractivity contribution in [3.63, 3.8) is 0 Å². The number of nitrogens with zero attached hydrogens (tertiary/aromatic N) is 2. The summed E-state index contributed by atoms with van der Waals surface area (Å²) in [7, 11) is -4.55. The third-order valence-electron chi connectivity index (χ3n) is 3.51. The number of halogens is 1. The number of likely N-dealkylation sites (tertiary alicyclic amines) is 1. The lowest BCUT2D eigenvalue weighted by molar-refractivity contribution is -0.128. The minimum absolute atomic E-state index is 0.0589. The van der Waals surface area contributed by atoms with E-state index in [2.05, 4.69) is 9.97 Å². The van der Waals surface area contributed by atoms with Gasteiger partial charge in [-0.25, -0.2) is 4.98 Å². The summed E-state index contributed by atoms with van der Waals surface area (Å²) in [4.78, 5) is 20.8. The molecule has 1 aliphatic rings. The van der Waals surface area contributed by atoms with Crippen LogP contribution in [0.3, 0.4) is 0 Å². The van der Waals surface area contributed by atoms with Crippen molar-refractivity contribution in [3.8, 4) is 0 Å². The van der Waals surface area contributed by atoms with Crippen LogP contribution in [0, 0.1) is 5.92 Å². The van der Waals surface area contributed by atoms with Crippen LogP contribution in [0.1, 0.15) is 12.2 Å². The van der Waals surface area contributed by atoms with Crippen LogP contribution in [0.25, 0.3) is 11.0 Å². The Morgan fingerprint density at radius 1 is 1.38 bits per heavy atom. The van der Waals surface area contributed by atoms with Crippen molar-refractivity contribution < 1.29 is 17.1 Å². The Labute approximate surface area is 121 Å². The molecule has 6 nitrogen and oxygen atoms in total. The Bertz CT molecular complexity index is 754. The average molecular weight is 311 g/mol. The van der Waals surface area contributed by atoms with Gasteiger partial charge in [-0.3, -0.25) is 4.79 Å². The highest BCUT2D eigenvalue weighted by molar-refractivity contribution is 7.86. The number of nitrogens with one attached hydrogen (secondary N) is 1. The number of para-hydroxylation sites is 2. The highest BCUT2D eigenvalue weighted by Crippen LogP contribution is 2.22. The molecule has 1 atom stereocenters. The maximum absolute atomic E-state index is 12.7. The monoisotopic (exact) mass is 311 g/mol. The first-order valence-electron chi connectivity index (χ1n) is 6.54. The normalized spacial score (nSPS) is 19.6. The number of aromatic amines is 1. The molecule has 0 radical (unpaired) electrons. The fourth-order valence-corrected chi connectivity index (χ4v) is 3.45. The first-order valence-corrected chi connectivity index (χ1v) is 8.10. The van der Waals surface area contributed by atoms with Gasteiger partial charge >= 0.3 is 10.2 Å². The molecular formula is C13H14FN3O3S. The van der Waals surface area contributed by atoms with Crippen molar-refractivity contribution in [3.05, 3.63) is 30.1 Å². The number of benzene rings is 1. The van der Waals surface area contributed by atoms with Crippen LogP contribution in [0.5, 0.6) is 0 Å². The predicted octanol–water partition coefficient (Wildman–Crippen LogP) is 1.21. The van der Waals surface area contributed by atoms with Gasteiger partial charge in [-0.05, 0) is 12.1 Å². The van der Waals surface area contributed by atoms with Crippen molar-refractivity contribution >= 4 is 27.2 Å². The number of hydrogen-bond acceptors (Lipinski definition) is 4. The number of hydrogen-bond donors (Lipinski definition) is 1. The number of rotatable bonds is 4. The van der Waals surface area contributed by atoms with Crippen LogP contribution >= 0.6 is 0 Å². The quantitative estimate of drug-likeness (QED) is 0.860. The number of carbonyl (C=O) groups excluding carboxylic acids is 1. The molecule has 2 aromatic rings. The van der Waals surface area contributed by atoms with E-state index < -0.39 is 21.9 Å². The molecule has 0 aliphatic carbocycles. The molecule has 1 amide bonds. The molecule has 1 saturated heterocycles. The average Bonchev–Trinajstić information content (AvgIpc) is 2.91. The number of fused-ring (bicyclic) bond motifs is 1. The Hall–Kier alpha value is -1.96. The topological polar surface area (TPSA) is 83.1 Å². The molecule has 0 saturated carbocycles. The summed E-state index contributed by atoms with van der Waals surface area (Å²) in [5, 5.41) is 0. The van der Waals surface area contributed by atoms with E-state index >= 15 is 0 Å². The Morgan fingerprint density at radius 3 is 2.86 bits per heavy atom. The van der Waals surface area contributed by atoms with Crippen LogP contribution in [0.15, 0.2) is 24.3 Å². The van der Waals surface area contributed by atoms with Gasteiger partial charge in [0.1, 0.15) is 5.82 Å². The number of imidazole rings is 1. The number of amides is 1. The minimum Gasteiger partial charge on any atom is -0.340 e. The zero-order valence-corrected chi connectivity index (χ0v) is 11.9. The molecule has 1 N–H and O–H groups in total. The SMILES string of the molecule is O=C1CC(CS(=O)(=O)F)CN1Cc1nc2ccccc2[nH]1. The van der Waals surface area contributed by atoms with Crippen LogP contribution in [0.2, 0.25) is 0 Å². The maximum atomic E-state index is 12.7. The van der Waals surface area contributed by atoms with E-state index in [1.807, 2.05) is 24.3 Å². The summed E-state index contributed by atoms with van der Waals surface area (Å²) in [6, 6.07) is 7.50. The van der Waals surface area contributed by atoms with E-state index in [9.17, 15) is 17.1 Å². The fraction of sp³-hybridized carbons (Fsp3) is 0.385. The van der Waals surface area contributed by atoms with Crippen LogP contribution in [0.4, 0.5) is 3.89 Å². The lowest BCUT2D eigenvalue weighted by Crippen LogP contribution is -2.26. The Balaban J connectivity index is 1.71. The van der Waals surface area contributed by atoms with Gasteiger partial charge in [0.25, 0.3) is 0 Å². The molecule has 1 aromatic heterocycles. The summed E-state index contributed by atoms with van der Waals surface area (Å²) >= 11 is 0. The van der Waals surface area contributed by atoms with Gasteiger partial charge in [0.05, 0.1) is 23.3 Å². The zero-order chi connectivity index (χ0) is 15.0. The standard InChI is InChI=1S/C13H14FN3O3S/c14-21(19,20)8-9-5-13(18)17(6-9)7-12-15-10-3-1-2-4-11(10)16-12/h1-4,9H,5-8H2,(H,15,16). The molecule has 112 valence electrons. The summed E-state index contributed by atoms with van der Waals surface area (Å²) in [6.45, 7) is 0.509. The second-order valence-electron chi connectivity index (χ2n) is 5.25. The van der Waals surface area contributed by atoms with Gasteiger partial charge in [0, 0.05) is 18.9 Å². The second kappa shape index (κ2) is 5.10. The molecule has 1 fully saturated rings. The minimum atomic E-state index is -4.55. The zero-order valence-electron chi connectivity index (χ0n) is 11.1. The fourth-order valence-electron chi connectivity index (χ4n) is 2.66. The van der Waals surface area contributed by atoms with Crippen LogP contribution in [-0.2, 0) is 21.6 Å². The summed E-state index contributed by atoms with van der Waals surface area (Å²) < 4.78 is 34.0. The molecule has 0 spiro atoms. The lowest BCUT2D eigenvalue weighted by atomic mass is 10.1. The van der Waals surface area contributed by atoms with Gasteiger partial charge in [-0.15, -0.1) is 3.89 Å². The largest absolute Gasteiger partial charge is 0.340 e. The third-order valence-corrected chi connectivity index (χ3v) is 4.38. The van der Waals surface area contributed by atoms with Crippen LogP contribution in [-0.4, -0.2) is 41.5 Å². The van der Waals surface area contributed by atoms with Crippen molar-refractivity contribution in [2.75, 3.05) is 12.3 Å². The number of aromatic nitrogens is 2. The van der Waals surface area contributed by atoms with Gasteiger partial charge in [0.15, 0.2) is 0 Å². The molecular weight excluding hydrogens is 297 g/mol. The summed E-state index contributed by atoms with van der Waals surface area (Å²) in [5.74, 6) is -0.635. The van der Waals surface area contributed by atoms with Crippen molar-refractivity contribution in [1.82, 2.24) is 14.9 Å². The van der Waals surface area contributed by atoms with Crippen molar-refractivity contribution in [1.29, 1.82) is 0 Å². The van der Waals surface area contributed by atoms with Gasteiger partial charge in [-0.1, -0.05) is 12.1 Å². The molecule has 0 bridgehead atoms. The molecule has 3 rings (SSSR count). The van der Waals surface area contributed by atoms with E-state index in [1.54, 1.807) is 0 Å². The number of carbonyl (C=O) groups is 1. The third kappa shape index (κ3) is 3.21. The molecule has 1 aromatic carbocycles. The second-order valence-corrected chi connectivity index (χ2v) is 6.66. The van der Waals surface area contributed by atoms with E-state index in [1.165, 1.54) is 4.90 Å². The molecule has 1 unspecified atom stereocenters. The van der Waals surface area contributed by atoms with E-state index in [0.29, 0.717) is 5.82 Å². The van der Waals surface area contributed by atoms with Gasteiger partial charge in [-0.2, -0.15) is 8.42 Å². The maximum Gasteiger partial charge on any atom is 0.302 e. The van der Waals surface area contributed by atoms with E-state index in [4.69, 9.17) is 0 Å². The van der Waals surface area contributed by atoms with Crippen LogP contribution < -0.4 is 0 Å². The first-order chi connectivity index (χ1) is 9.90. The highest BCUT2D eigenvalue weighted by Gasteiger charge is 2.33. The first kappa shape index (κ1) is 14.0. The Morgan fingerprint density at radius 2 is 2.14 bits per heavy atom. The predicted molar refractivity (Wildman–Crippen MR) is 74.5 cm³/mol. The Kier molecular flexibility index (Phi) is 3.40. The lowest BCUT2D eigenvalue weighted by Gasteiger charge is -2.14. The molecule has 2 heterocycles. The van der Waals surface area contributed by atoms with Crippen molar-refractivity contribution in [2.45, 2.75) is 13.0 Å². The van der Waals surface area contributed by atoms with E-state index in [-0.39, 0.29) is 25.4 Å². The molecule has 21 heavy (non-hydrogen) atoms. The number of H-pyrrole nitrogens is 1. The van der Waals surface area contributed by atoms with E-state index in [0.717, 1.165) is 11.0 Å². The van der Waals surface area contributed by atoms with Gasteiger partial charge < -0.3 is 9.88 Å². The smallest absolute Gasteiger partial charge is 0.302 e. The summed E-state index contributed by atoms with van der Waals surface area (Å²) in [5.41, 5.74) is 1.68. The van der Waals surface area contributed by atoms with Gasteiger partial charge in [0.2, 0.25) is 5.91 Å². The molecule has 1 aliphatic heterocycles.